The van der Waals surface area contributed by atoms with Crippen molar-refractivity contribution in [1.29, 1.82) is 0 Å². The molecule has 0 aliphatic carbocycles. The Morgan fingerprint density at radius 1 is 1.44 bits per heavy atom. The Morgan fingerprint density at radius 2 is 2.06 bits per heavy atom. The summed E-state index contributed by atoms with van der Waals surface area (Å²) in [6.45, 7) is 1.83. The van der Waals surface area contributed by atoms with Gasteiger partial charge in [0.1, 0.15) is 0 Å². The number of benzene rings is 1. The van der Waals surface area contributed by atoms with Crippen LogP contribution in [0.3, 0.4) is 0 Å². The van der Waals surface area contributed by atoms with Crippen molar-refractivity contribution in [1.82, 2.24) is 4.90 Å². The minimum absolute atomic E-state index is 0.124. The molecule has 0 saturated carbocycles. The number of rotatable bonds is 3. The quantitative estimate of drug-likeness (QED) is 0.633. The third kappa shape index (κ3) is 3.06. The SMILES string of the molecule is Cc1cc([N+](=O)[O-])c(/C=C/N(C)C)cc1Br. The highest BCUT2D eigenvalue weighted by atomic mass is 79.9. The van der Waals surface area contributed by atoms with E-state index in [0.29, 0.717) is 5.56 Å². The average Bonchev–Trinajstić information content (AvgIpc) is 2.18. The summed E-state index contributed by atoms with van der Waals surface area (Å²) in [4.78, 5) is 12.3. The van der Waals surface area contributed by atoms with Crippen LogP contribution in [0, 0.1) is 17.0 Å². The molecule has 0 heterocycles. The van der Waals surface area contributed by atoms with Crippen LogP contribution in [0.2, 0.25) is 0 Å². The largest absolute Gasteiger partial charge is 0.383 e. The summed E-state index contributed by atoms with van der Waals surface area (Å²) in [6.07, 6.45) is 3.51. The molecule has 0 unspecified atom stereocenters. The third-order valence-corrected chi connectivity index (χ3v) is 2.91. The predicted molar refractivity (Wildman–Crippen MR) is 68.3 cm³/mol. The second-order valence-corrected chi connectivity index (χ2v) is 4.55. The molecule has 0 spiro atoms. The number of aryl methyl sites for hydroxylation is 1. The van der Waals surface area contributed by atoms with E-state index in [9.17, 15) is 10.1 Å². The number of hydrogen-bond donors (Lipinski definition) is 0. The van der Waals surface area contributed by atoms with Gasteiger partial charge in [0.25, 0.3) is 5.69 Å². The van der Waals surface area contributed by atoms with Crippen LogP contribution >= 0.6 is 15.9 Å². The fourth-order valence-electron chi connectivity index (χ4n) is 1.20. The maximum absolute atomic E-state index is 10.9. The van der Waals surface area contributed by atoms with Gasteiger partial charge in [-0.05, 0) is 30.8 Å². The molecule has 0 radical (unpaired) electrons. The van der Waals surface area contributed by atoms with E-state index in [4.69, 9.17) is 0 Å². The highest BCUT2D eigenvalue weighted by Gasteiger charge is 2.13. The third-order valence-electron chi connectivity index (χ3n) is 2.06. The first-order valence-electron chi connectivity index (χ1n) is 4.71. The standard InChI is InChI=1S/C11H13BrN2O2/c1-8-6-11(14(15)16)9(7-10(8)12)4-5-13(2)3/h4-7H,1-3H3/b5-4+. The summed E-state index contributed by atoms with van der Waals surface area (Å²) in [5.74, 6) is 0. The van der Waals surface area contributed by atoms with Gasteiger partial charge >= 0.3 is 0 Å². The maximum Gasteiger partial charge on any atom is 0.276 e. The highest BCUT2D eigenvalue weighted by Crippen LogP contribution is 2.27. The minimum Gasteiger partial charge on any atom is -0.383 e. The molecule has 16 heavy (non-hydrogen) atoms. The molecule has 4 nitrogen and oxygen atoms in total. The lowest BCUT2D eigenvalue weighted by molar-refractivity contribution is -0.385. The van der Waals surface area contributed by atoms with Gasteiger partial charge in [0.15, 0.2) is 0 Å². The topological polar surface area (TPSA) is 46.4 Å². The van der Waals surface area contributed by atoms with Crippen molar-refractivity contribution in [3.8, 4) is 0 Å². The Balaban J connectivity index is 3.25. The van der Waals surface area contributed by atoms with E-state index in [1.54, 1.807) is 24.4 Å². The van der Waals surface area contributed by atoms with Gasteiger partial charge in [-0.3, -0.25) is 10.1 Å². The fraction of sp³-hybridized carbons (Fsp3) is 0.273. The second-order valence-electron chi connectivity index (χ2n) is 3.70. The lowest BCUT2D eigenvalue weighted by atomic mass is 10.1. The average molecular weight is 285 g/mol. The van der Waals surface area contributed by atoms with E-state index in [-0.39, 0.29) is 10.6 Å². The van der Waals surface area contributed by atoms with Gasteiger partial charge in [-0.1, -0.05) is 15.9 Å². The molecule has 0 saturated heterocycles. The molecule has 1 aromatic rings. The predicted octanol–water partition coefficient (Wildman–Crippen LogP) is 3.20. The van der Waals surface area contributed by atoms with Crippen molar-refractivity contribution in [2.45, 2.75) is 6.92 Å². The van der Waals surface area contributed by atoms with E-state index >= 15 is 0 Å². The lowest BCUT2D eigenvalue weighted by Gasteiger charge is -2.05. The molecular weight excluding hydrogens is 272 g/mol. The fourth-order valence-corrected chi connectivity index (χ4v) is 1.56. The molecule has 0 N–H and O–H groups in total. The maximum atomic E-state index is 10.9. The van der Waals surface area contributed by atoms with Crippen molar-refractivity contribution >= 4 is 27.7 Å². The molecule has 1 rings (SSSR count). The minimum atomic E-state index is -0.366. The molecule has 1 aromatic carbocycles. The lowest BCUT2D eigenvalue weighted by Crippen LogP contribution is -2.00. The number of nitro benzene ring substituents is 1. The number of nitro groups is 1. The van der Waals surface area contributed by atoms with Crippen molar-refractivity contribution in [2.24, 2.45) is 0 Å². The Labute approximate surface area is 103 Å². The number of nitrogens with zero attached hydrogens (tertiary/aromatic N) is 2. The first-order valence-corrected chi connectivity index (χ1v) is 5.50. The summed E-state index contributed by atoms with van der Waals surface area (Å²) < 4.78 is 0.872. The van der Waals surface area contributed by atoms with Crippen LogP contribution in [0.4, 0.5) is 5.69 Å². The van der Waals surface area contributed by atoms with Crippen LogP contribution < -0.4 is 0 Å². The zero-order valence-electron chi connectivity index (χ0n) is 9.40. The highest BCUT2D eigenvalue weighted by molar-refractivity contribution is 9.10. The molecule has 0 aromatic heterocycles. The summed E-state index contributed by atoms with van der Waals surface area (Å²) in [6, 6.07) is 3.33. The Kier molecular flexibility index (Phi) is 4.06. The van der Waals surface area contributed by atoms with Crippen LogP contribution in [0.15, 0.2) is 22.8 Å². The molecule has 5 heteroatoms. The zero-order valence-corrected chi connectivity index (χ0v) is 11.0. The van der Waals surface area contributed by atoms with Crippen molar-refractivity contribution in [3.05, 3.63) is 44.0 Å². The van der Waals surface area contributed by atoms with E-state index in [1.807, 2.05) is 25.9 Å². The normalized spacial score (nSPS) is 10.8. The van der Waals surface area contributed by atoms with Gasteiger partial charge < -0.3 is 4.90 Å². The van der Waals surface area contributed by atoms with Gasteiger partial charge in [0.05, 0.1) is 10.5 Å². The first kappa shape index (κ1) is 12.7. The van der Waals surface area contributed by atoms with Gasteiger partial charge in [-0.15, -0.1) is 0 Å². The smallest absolute Gasteiger partial charge is 0.276 e. The van der Waals surface area contributed by atoms with Crippen molar-refractivity contribution in [3.63, 3.8) is 0 Å². The van der Waals surface area contributed by atoms with E-state index in [0.717, 1.165) is 10.0 Å². The summed E-state index contributed by atoms with van der Waals surface area (Å²) >= 11 is 3.37. The van der Waals surface area contributed by atoms with Crippen LogP contribution in [0.25, 0.3) is 6.08 Å². The summed E-state index contributed by atoms with van der Waals surface area (Å²) in [5, 5.41) is 10.9. The van der Waals surface area contributed by atoms with E-state index < -0.39 is 0 Å². The Bertz CT molecular complexity index is 442. The first-order chi connectivity index (χ1) is 7.41. The van der Waals surface area contributed by atoms with Crippen molar-refractivity contribution < 1.29 is 4.92 Å². The van der Waals surface area contributed by atoms with Crippen LogP contribution in [0.1, 0.15) is 11.1 Å². The molecule has 86 valence electrons. The van der Waals surface area contributed by atoms with Crippen molar-refractivity contribution in [2.75, 3.05) is 14.1 Å². The zero-order chi connectivity index (χ0) is 12.3. The molecule has 0 aliphatic heterocycles. The van der Waals surface area contributed by atoms with Crippen LogP contribution in [-0.2, 0) is 0 Å². The molecular formula is C11H13BrN2O2. The van der Waals surface area contributed by atoms with E-state index in [2.05, 4.69) is 15.9 Å². The Morgan fingerprint density at radius 3 is 2.56 bits per heavy atom. The van der Waals surface area contributed by atoms with Gasteiger partial charge in [-0.2, -0.15) is 0 Å². The molecule has 0 aliphatic rings. The second kappa shape index (κ2) is 5.12. The van der Waals surface area contributed by atoms with Crippen LogP contribution in [0.5, 0.6) is 0 Å². The van der Waals surface area contributed by atoms with Gasteiger partial charge in [0, 0.05) is 24.6 Å². The molecule has 0 bridgehead atoms. The molecule has 0 amide bonds. The number of halogens is 1. The summed E-state index contributed by atoms with van der Waals surface area (Å²) in [7, 11) is 3.73. The molecule has 0 fully saturated rings. The van der Waals surface area contributed by atoms with Crippen LogP contribution in [-0.4, -0.2) is 23.9 Å². The van der Waals surface area contributed by atoms with Gasteiger partial charge in [0.2, 0.25) is 0 Å². The van der Waals surface area contributed by atoms with E-state index in [1.165, 1.54) is 0 Å². The number of hydrogen-bond acceptors (Lipinski definition) is 3. The summed E-state index contributed by atoms with van der Waals surface area (Å²) in [5.41, 5.74) is 1.57. The Hall–Kier alpha value is -1.36. The molecule has 0 atom stereocenters. The monoisotopic (exact) mass is 284 g/mol. The van der Waals surface area contributed by atoms with Gasteiger partial charge in [-0.25, -0.2) is 0 Å².